The minimum absolute atomic E-state index is 0.0777. The number of benzene rings is 2. The fraction of sp³-hybridized carbons (Fsp3) is 0.167. The summed E-state index contributed by atoms with van der Waals surface area (Å²) in [6.45, 7) is 0. The van der Waals surface area contributed by atoms with Crippen molar-refractivity contribution in [3.63, 3.8) is 0 Å². The van der Waals surface area contributed by atoms with Gasteiger partial charge in [-0.3, -0.25) is 4.79 Å². The molecular weight excluding hydrogens is 265 g/mol. The Labute approximate surface area is 123 Å². The summed E-state index contributed by atoms with van der Waals surface area (Å²) in [6, 6.07) is 16.5. The van der Waals surface area contributed by atoms with Crippen LogP contribution in [0.1, 0.15) is 24.3 Å². The van der Waals surface area contributed by atoms with E-state index in [2.05, 4.69) is 5.32 Å². The Morgan fingerprint density at radius 1 is 0.952 bits per heavy atom. The number of carbonyl (C=O) groups is 1. The molecule has 1 aliphatic rings. The molecule has 2 nitrogen and oxygen atoms in total. The van der Waals surface area contributed by atoms with Crippen molar-refractivity contribution in [3.8, 4) is 0 Å². The van der Waals surface area contributed by atoms with Gasteiger partial charge in [-0.2, -0.15) is 0 Å². The van der Waals surface area contributed by atoms with Gasteiger partial charge in [-0.15, -0.1) is 0 Å². The fourth-order valence-electron chi connectivity index (χ4n) is 2.68. The number of hydrogen-bond acceptors (Lipinski definition) is 2. The Morgan fingerprint density at radius 2 is 1.67 bits per heavy atom. The predicted molar refractivity (Wildman–Crippen MR) is 81.5 cm³/mol. The van der Waals surface area contributed by atoms with Crippen LogP contribution in [0.5, 0.6) is 0 Å². The molecule has 0 radical (unpaired) electrons. The molecule has 3 rings (SSSR count). The minimum atomic E-state index is -0.312. The average Bonchev–Trinajstić information content (AvgIpc) is 2.50. The van der Waals surface area contributed by atoms with Gasteiger partial charge in [0.15, 0.2) is 5.78 Å². The molecule has 0 aliphatic heterocycles. The summed E-state index contributed by atoms with van der Waals surface area (Å²) >= 11 is 0. The number of allylic oxidation sites excluding steroid dienone is 2. The summed E-state index contributed by atoms with van der Waals surface area (Å²) < 4.78 is 13.7. The van der Waals surface area contributed by atoms with Crippen molar-refractivity contribution in [1.29, 1.82) is 0 Å². The van der Waals surface area contributed by atoms with Gasteiger partial charge in [0.05, 0.1) is 5.69 Å². The molecule has 0 amide bonds. The van der Waals surface area contributed by atoms with Crippen LogP contribution in [0, 0.1) is 5.82 Å². The highest BCUT2D eigenvalue weighted by atomic mass is 19.1. The molecule has 2 aromatic carbocycles. The number of hydrogen-bond donors (Lipinski definition) is 1. The molecule has 0 saturated carbocycles. The highest BCUT2D eigenvalue weighted by molar-refractivity contribution is 5.92. The average molecular weight is 281 g/mol. The Bertz CT molecular complexity index is 679. The second-order valence-corrected chi connectivity index (χ2v) is 5.26. The monoisotopic (exact) mass is 281 g/mol. The van der Waals surface area contributed by atoms with E-state index in [0.717, 1.165) is 11.3 Å². The smallest absolute Gasteiger partial charge is 0.158 e. The minimum Gasteiger partial charge on any atom is -0.356 e. The van der Waals surface area contributed by atoms with E-state index in [1.165, 1.54) is 6.07 Å². The quantitative estimate of drug-likeness (QED) is 0.910. The number of carbonyl (C=O) groups excluding carboxylic acids is 1. The van der Waals surface area contributed by atoms with Crippen LogP contribution in [0.25, 0.3) is 0 Å². The zero-order valence-corrected chi connectivity index (χ0v) is 11.6. The molecule has 1 unspecified atom stereocenters. The largest absolute Gasteiger partial charge is 0.356 e. The number of anilines is 1. The zero-order chi connectivity index (χ0) is 14.7. The van der Waals surface area contributed by atoms with Crippen molar-refractivity contribution in [2.75, 3.05) is 5.32 Å². The van der Waals surface area contributed by atoms with Crippen molar-refractivity contribution in [3.05, 3.63) is 77.8 Å². The van der Waals surface area contributed by atoms with Crippen LogP contribution in [0.15, 0.2) is 66.4 Å². The molecule has 0 aromatic heterocycles. The van der Waals surface area contributed by atoms with E-state index >= 15 is 0 Å². The highest BCUT2D eigenvalue weighted by Gasteiger charge is 2.22. The van der Waals surface area contributed by atoms with E-state index in [-0.39, 0.29) is 17.5 Å². The predicted octanol–water partition coefficient (Wildman–Crippen LogP) is 4.27. The third-order valence-electron chi connectivity index (χ3n) is 3.69. The Kier molecular flexibility index (Phi) is 3.82. The lowest BCUT2D eigenvalue weighted by Crippen LogP contribution is -2.17. The normalized spacial score (nSPS) is 18.2. The van der Waals surface area contributed by atoms with Crippen LogP contribution in [0.4, 0.5) is 10.1 Å². The molecule has 106 valence electrons. The summed E-state index contributed by atoms with van der Waals surface area (Å²) in [5, 5.41) is 3.04. The second kappa shape index (κ2) is 5.92. The Hall–Kier alpha value is -2.42. The molecule has 21 heavy (non-hydrogen) atoms. The van der Waals surface area contributed by atoms with Crippen LogP contribution in [-0.2, 0) is 4.79 Å². The van der Waals surface area contributed by atoms with Gasteiger partial charge in [0.25, 0.3) is 0 Å². The molecule has 1 N–H and O–H groups in total. The third-order valence-corrected chi connectivity index (χ3v) is 3.69. The van der Waals surface area contributed by atoms with Gasteiger partial charge in [0, 0.05) is 18.2 Å². The number of halogens is 1. The first-order valence-electron chi connectivity index (χ1n) is 7.02. The van der Waals surface area contributed by atoms with Crippen molar-refractivity contribution in [2.45, 2.75) is 18.8 Å². The first-order chi connectivity index (χ1) is 10.2. The molecule has 0 heterocycles. The first kappa shape index (κ1) is 13.6. The van der Waals surface area contributed by atoms with Crippen molar-refractivity contribution in [2.24, 2.45) is 0 Å². The zero-order valence-electron chi connectivity index (χ0n) is 11.6. The molecule has 1 aliphatic carbocycles. The van der Waals surface area contributed by atoms with E-state index in [0.29, 0.717) is 18.5 Å². The van der Waals surface area contributed by atoms with Crippen molar-refractivity contribution in [1.82, 2.24) is 0 Å². The van der Waals surface area contributed by atoms with E-state index < -0.39 is 0 Å². The molecule has 2 aromatic rings. The lowest BCUT2D eigenvalue weighted by molar-refractivity contribution is -0.115. The summed E-state index contributed by atoms with van der Waals surface area (Å²) in [5.41, 5.74) is 2.32. The van der Waals surface area contributed by atoms with Crippen LogP contribution in [0.2, 0.25) is 0 Å². The maximum atomic E-state index is 13.7. The molecule has 1 atom stereocenters. The Morgan fingerprint density at radius 3 is 2.43 bits per heavy atom. The molecule has 0 spiro atoms. The maximum Gasteiger partial charge on any atom is 0.158 e. The van der Waals surface area contributed by atoms with E-state index in [1.807, 2.05) is 30.3 Å². The number of rotatable bonds is 3. The summed E-state index contributed by atoms with van der Waals surface area (Å²) in [5.74, 6) is -0.0837. The van der Waals surface area contributed by atoms with Gasteiger partial charge in [0.2, 0.25) is 0 Å². The summed E-state index contributed by atoms with van der Waals surface area (Å²) in [4.78, 5) is 11.9. The van der Waals surface area contributed by atoms with Crippen LogP contribution >= 0.6 is 0 Å². The Balaban J connectivity index is 1.80. The van der Waals surface area contributed by atoms with Crippen LogP contribution in [-0.4, -0.2) is 5.78 Å². The van der Waals surface area contributed by atoms with Crippen molar-refractivity contribution < 1.29 is 9.18 Å². The summed E-state index contributed by atoms with van der Waals surface area (Å²) in [6.07, 6.45) is 2.81. The maximum absolute atomic E-state index is 13.7. The molecule has 3 heteroatoms. The van der Waals surface area contributed by atoms with Gasteiger partial charge in [0.1, 0.15) is 5.82 Å². The number of nitrogens with one attached hydrogen (secondary N) is 1. The molecule has 0 fully saturated rings. The van der Waals surface area contributed by atoms with Crippen LogP contribution in [0.3, 0.4) is 0 Å². The van der Waals surface area contributed by atoms with Crippen molar-refractivity contribution >= 4 is 11.5 Å². The molecule has 0 saturated heterocycles. The lowest BCUT2D eigenvalue weighted by Gasteiger charge is -2.23. The number of para-hydroxylation sites is 1. The SMILES string of the molecule is O=C1C=C(Nc2ccccc2F)CC(c2ccccc2)C1. The van der Waals surface area contributed by atoms with E-state index in [4.69, 9.17) is 0 Å². The van der Waals surface area contributed by atoms with Gasteiger partial charge >= 0.3 is 0 Å². The lowest BCUT2D eigenvalue weighted by atomic mass is 9.85. The van der Waals surface area contributed by atoms with E-state index in [9.17, 15) is 9.18 Å². The molecule has 0 bridgehead atoms. The highest BCUT2D eigenvalue weighted by Crippen LogP contribution is 2.32. The second-order valence-electron chi connectivity index (χ2n) is 5.26. The summed E-state index contributed by atoms with van der Waals surface area (Å²) in [7, 11) is 0. The van der Waals surface area contributed by atoms with E-state index in [1.54, 1.807) is 24.3 Å². The topological polar surface area (TPSA) is 29.1 Å². The van der Waals surface area contributed by atoms with Gasteiger partial charge in [-0.1, -0.05) is 42.5 Å². The third kappa shape index (κ3) is 3.19. The van der Waals surface area contributed by atoms with Gasteiger partial charge < -0.3 is 5.32 Å². The molecular formula is C18H16FNO. The van der Waals surface area contributed by atoms with Crippen LogP contribution < -0.4 is 5.32 Å². The number of ketones is 1. The van der Waals surface area contributed by atoms with Gasteiger partial charge in [-0.25, -0.2) is 4.39 Å². The first-order valence-corrected chi connectivity index (χ1v) is 7.02. The fourth-order valence-corrected chi connectivity index (χ4v) is 2.68. The standard InChI is InChI=1S/C18H16FNO/c19-17-8-4-5-9-18(17)20-15-10-14(11-16(21)12-15)13-6-2-1-3-7-13/h1-9,12,14,20H,10-11H2. The van der Waals surface area contributed by atoms with Gasteiger partial charge in [-0.05, 0) is 30.0 Å².